The van der Waals surface area contributed by atoms with Gasteiger partial charge in [-0.15, -0.1) is 0 Å². The van der Waals surface area contributed by atoms with E-state index in [4.69, 9.17) is 24.4 Å². The average Bonchev–Trinajstić information content (AvgIpc) is 3.32. The van der Waals surface area contributed by atoms with Crippen molar-refractivity contribution in [3.8, 4) is 16.9 Å². The number of ether oxygens (including phenoxy) is 3. The molecule has 1 heterocycles. The lowest BCUT2D eigenvalue weighted by Gasteiger charge is -2.15. The molecule has 2 N–H and O–H groups in total. The van der Waals surface area contributed by atoms with Gasteiger partial charge in [-0.25, -0.2) is 4.39 Å². The van der Waals surface area contributed by atoms with Gasteiger partial charge in [0.1, 0.15) is 29.9 Å². The molecule has 0 aliphatic rings. The van der Waals surface area contributed by atoms with Crippen LogP contribution in [0.1, 0.15) is 23.6 Å². The summed E-state index contributed by atoms with van der Waals surface area (Å²) in [5, 5.41) is 0.925. The summed E-state index contributed by atoms with van der Waals surface area (Å²) in [7, 11) is 1.54. The van der Waals surface area contributed by atoms with E-state index in [0.717, 1.165) is 33.2 Å². The summed E-state index contributed by atoms with van der Waals surface area (Å²) in [4.78, 5) is 12.3. The number of esters is 1. The zero-order valence-electron chi connectivity index (χ0n) is 19.8. The quantitative estimate of drug-likeness (QED) is 0.308. The Labute approximate surface area is 203 Å². The van der Waals surface area contributed by atoms with Crippen LogP contribution < -0.4 is 10.5 Å². The van der Waals surface area contributed by atoms with E-state index in [1.165, 1.54) is 25.3 Å². The van der Waals surface area contributed by atoms with Gasteiger partial charge >= 0.3 is 5.97 Å². The fourth-order valence-corrected chi connectivity index (χ4v) is 3.97. The molecule has 0 radical (unpaired) electrons. The Morgan fingerprint density at radius 3 is 2.74 bits per heavy atom. The van der Waals surface area contributed by atoms with Crippen LogP contribution in [0.4, 0.5) is 4.39 Å². The highest BCUT2D eigenvalue weighted by Gasteiger charge is 2.16. The molecule has 1 aromatic heterocycles. The Morgan fingerprint density at radius 2 is 1.94 bits per heavy atom. The van der Waals surface area contributed by atoms with E-state index in [-0.39, 0.29) is 19.1 Å². The number of hydrogen-bond donors (Lipinski definition) is 1. The Bertz CT molecular complexity index is 1320. The molecule has 0 spiro atoms. The normalized spacial score (nSPS) is 12.0. The van der Waals surface area contributed by atoms with Crippen LogP contribution in [-0.4, -0.2) is 25.8 Å². The largest absolute Gasteiger partial charge is 0.488 e. The SMILES string of the molecule is COCC(C)OC(=O)Cc1ccc(F)cc1OCc1cc(-c2cccc(CN)c2)c2occc2c1. The first kappa shape index (κ1) is 24.4. The van der Waals surface area contributed by atoms with Crippen LogP contribution in [0.15, 0.2) is 71.3 Å². The van der Waals surface area contributed by atoms with E-state index in [2.05, 4.69) is 0 Å². The van der Waals surface area contributed by atoms with Crippen molar-refractivity contribution < 1.29 is 27.8 Å². The first-order valence-electron chi connectivity index (χ1n) is 11.4. The van der Waals surface area contributed by atoms with Crippen LogP contribution in [0.3, 0.4) is 0 Å². The first-order chi connectivity index (χ1) is 17.0. The van der Waals surface area contributed by atoms with E-state index in [1.807, 2.05) is 42.5 Å². The molecule has 0 fully saturated rings. The Kier molecular flexibility index (Phi) is 7.80. The van der Waals surface area contributed by atoms with Crippen molar-refractivity contribution in [2.24, 2.45) is 5.73 Å². The van der Waals surface area contributed by atoms with Crippen molar-refractivity contribution in [1.82, 2.24) is 0 Å². The third-order valence-corrected chi connectivity index (χ3v) is 5.58. The highest BCUT2D eigenvalue weighted by Crippen LogP contribution is 2.32. The second-order valence-electron chi connectivity index (χ2n) is 8.36. The molecule has 1 unspecified atom stereocenters. The number of hydrogen-bond acceptors (Lipinski definition) is 6. The molecule has 4 aromatic rings. The zero-order chi connectivity index (χ0) is 24.8. The molecule has 182 valence electrons. The molecule has 0 aliphatic heterocycles. The summed E-state index contributed by atoms with van der Waals surface area (Å²) >= 11 is 0. The van der Waals surface area contributed by atoms with Crippen LogP contribution in [0.25, 0.3) is 22.1 Å². The van der Waals surface area contributed by atoms with Gasteiger partial charge in [-0.2, -0.15) is 0 Å². The monoisotopic (exact) mass is 477 g/mol. The van der Waals surface area contributed by atoms with Gasteiger partial charge in [0.25, 0.3) is 0 Å². The Morgan fingerprint density at radius 1 is 1.09 bits per heavy atom. The van der Waals surface area contributed by atoms with E-state index in [0.29, 0.717) is 24.5 Å². The van der Waals surface area contributed by atoms with Crippen molar-refractivity contribution >= 4 is 16.9 Å². The van der Waals surface area contributed by atoms with Crippen molar-refractivity contribution in [2.45, 2.75) is 32.6 Å². The van der Waals surface area contributed by atoms with Gasteiger partial charge in [0.05, 0.1) is 19.3 Å². The molecule has 0 amide bonds. The lowest BCUT2D eigenvalue weighted by molar-refractivity contribution is -0.149. The third-order valence-electron chi connectivity index (χ3n) is 5.58. The topological polar surface area (TPSA) is 83.9 Å². The molecule has 0 saturated carbocycles. The van der Waals surface area contributed by atoms with E-state index < -0.39 is 11.8 Å². The van der Waals surface area contributed by atoms with Gasteiger partial charge in [0, 0.05) is 36.2 Å². The molecule has 35 heavy (non-hydrogen) atoms. The Balaban J connectivity index is 1.57. The van der Waals surface area contributed by atoms with Crippen molar-refractivity contribution in [1.29, 1.82) is 0 Å². The number of benzene rings is 3. The van der Waals surface area contributed by atoms with Crippen molar-refractivity contribution in [3.05, 3.63) is 89.4 Å². The van der Waals surface area contributed by atoms with Gasteiger partial charge in [0.15, 0.2) is 0 Å². The highest BCUT2D eigenvalue weighted by atomic mass is 19.1. The van der Waals surface area contributed by atoms with Gasteiger partial charge < -0.3 is 24.4 Å². The van der Waals surface area contributed by atoms with Crippen LogP contribution >= 0.6 is 0 Å². The van der Waals surface area contributed by atoms with Crippen LogP contribution in [0.2, 0.25) is 0 Å². The van der Waals surface area contributed by atoms with Gasteiger partial charge in [-0.1, -0.05) is 24.3 Å². The number of fused-ring (bicyclic) bond motifs is 1. The lowest BCUT2D eigenvalue weighted by atomic mass is 9.99. The van der Waals surface area contributed by atoms with Crippen LogP contribution in [-0.2, 0) is 33.8 Å². The standard InChI is InChI=1S/C28H28FNO5/c1-18(16-32-2)35-27(31)13-22-6-7-24(29)14-26(22)34-17-20-11-23-8-9-33-28(23)25(12-20)21-5-3-4-19(10-21)15-30/h3-12,14,18H,13,15-17,30H2,1-2H3. The summed E-state index contributed by atoms with van der Waals surface area (Å²) in [5.74, 6) is -0.595. The molecule has 6 nitrogen and oxygen atoms in total. The number of methoxy groups -OCH3 is 1. The van der Waals surface area contributed by atoms with Gasteiger partial charge in [0.2, 0.25) is 0 Å². The molecule has 0 saturated heterocycles. The van der Waals surface area contributed by atoms with Crippen molar-refractivity contribution in [2.75, 3.05) is 13.7 Å². The molecule has 3 aromatic carbocycles. The number of rotatable bonds is 10. The summed E-state index contributed by atoms with van der Waals surface area (Å²) < 4.78 is 36.1. The molecule has 7 heteroatoms. The number of furan rings is 1. The van der Waals surface area contributed by atoms with Crippen molar-refractivity contribution in [3.63, 3.8) is 0 Å². The average molecular weight is 478 g/mol. The molecule has 0 aliphatic carbocycles. The summed E-state index contributed by atoms with van der Waals surface area (Å²) in [6.07, 6.45) is 1.23. The number of nitrogens with two attached hydrogens (primary N) is 1. The minimum absolute atomic E-state index is 0.0401. The van der Waals surface area contributed by atoms with Crippen LogP contribution in [0.5, 0.6) is 5.75 Å². The van der Waals surface area contributed by atoms with Gasteiger partial charge in [-0.05, 0) is 53.9 Å². The number of carbonyl (C=O) groups excluding carboxylic acids is 1. The molecule has 0 bridgehead atoms. The second-order valence-corrected chi connectivity index (χ2v) is 8.36. The molecular formula is C28H28FNO5. The Hall–Kier alpha value is -3.68. The van der Waals surface area contributed by atoms with Gasteiger partial charge in [-0.3, -0.25) is 4.79 Å². The summed E-state index contributed by atoms with van der Waals surface area (Å²) in [6, 6.07) is 17.9. The smallest absolute Gasteiger partial charge is 0.310 e. The van der Waals surface area contributed by atoms with E-state index in [1.54, 1.807) is 13.2 Å². The third kappa shape index (κ3) is 6.07. The fraction of sp³-hybridized carbons (Fsp3) is 0.250. The van der Waals surface area contributed by atoms with E-state index >= 15 is 0 Å². The minimum atomic E-state index is -0.450. The summed E-state index contributed by atoms with van der Waals surface area (Å²) in [6.45, 7) is 2.66. The first-order valence-corrected chi connectivity index (χ1v) is 11.4. The molecule has 1 atom stereocenters. The summed E-state index contributed by atoms with van der Waals surface area (Å²) in [5.41, 5.74) is 10.9. The van der Waals surface area contributed by atoms with Crippen LogP contribution in [0, 0.1) is 5.82 Å². The second kappa shape index (κ2) is 11.2. The maximum absolute atomic E-state index is 14.0. The predicted molar refractivity (Wildman–Crippen MR) is 131 cm³/mol. The fourth-order valence-electron chi connectivity index (χ4n) is 3.97. The zero-order valence-corrected chi connectivity index (χ0v) is 19.8. The minimum Gasteiger partial charge on any atom is -0.488 e. The lowest BCUT2D eigenvalue weighted by Crippen LogP contribution is -2.21. The predicted octanol–water partition coefficient (Wildman–Crippen LogP) is 5.40. The molecule has 4 rings (SSSR count). The molecular weight excluding hydrogens is 449 g/mol. The highest BCUT2D eigenvalue weighted by molar-refractivity contribution is 5.93. The maximum Gasteiger partial charge on any atom is 0.310 e. The van der Waals surface area contributed by atoms with E-state index in [9.17, 15) is 9.18 Å². The number of halogens is 1. The number of carbonyl (C=O) groups is 1. The maximum atomic E-state index is 14.0.